The third-order valence-corrected chi connectivity index (χ3v) is 2.23. The van der Waals surface area contributed by atoms with Gasteiger partial charge < -0.3 is 10.1 Å². The number of amidine groups is 1. The van der Waals surface area contributed by atoms with E-state index >= 15 is 0 Å². The van der Waals surface area contributed by atoms with E-state index in [1.165, 1.54) is 6.21 Å². The zero-order chi connectivity index (χ0) is 11.1. The van der Waals surface area contributed by atoms with Crippen LogP contribution >= 0.6 is 11.6 Å². The van der Waals surface area contributed by atoms with E-state index < -0.39 is 30.6 Å². The highest BCUT2D eigenvalue weighted by Gasteiger charge is 2.44. The van der Waals surface area contributed by atoms with Crippen molar-refractivity contribution in [3.05, 3.63) is 0 Å². The fraction of sp³-hybridized carbons (Fsp3) is 0.714. The Hall–Kier alpha value is -0.820. The van der Waals surface area contributed by atoms with Crippen LogP contribution in [0.3, 0.4) is 0 Å². The van der Waals surface area contributed by atoms with Gasteiger partial charge in [0.25, 0.3) is 0 Å². The van der Waals surface area contributed by atoms with Crippen molar-refractivity contribution in [1.29, 1.82) is 0 Å². The van der Waals surface area contributed by atoms with Gasteiger partial charge in [0.05, 0.1) is 6.61 Å². The number of aliphatic imine (C=N–C) groups is 2. The Labute approximate surface area is 88.2 Å². The van der Waals surface area contributed by atoms with E-state index in [9.17, 15) is 13.2 Å². The molecule has 2 aliphatic heterocycles. The first kappa shape index (κ1) is 10.7. The predicted octanol–water partition coefficient (Wildman–Crippen LogP) is 0.911. The van der Waals surface area contributed by atoms with Gasteiger partial charge in [-0.15, -0.1) is 0 Å². The molecule has 0 aromatic carbocycles. The first-order valence-electron chi connectivity index (χ1n) is 4.17. The molecule has 15 heavy (non-hydrogen) atoms. The minimum Gasteiger partial charge on any atom is -0.362 e. The summed E-state index contributed by atoms with van der Waals surface area (Å²) in [5, 5.41) is 2.25. The molecule has 84 valence electrons. The van der Waals surface area contributed by atoms with Gasteiger partial charge in [0.15, 0.2) is 0 Å². The van der Waals surface area contributed by atoms with Crippen molar-refractivity contribution in [2.45, 2.75) is 23.9 Å². The predicted molar refractivity (Wildman–Crippen MR) is 48.3 cm³/mol. The molecule has 0 bridgehead atoms. The van der Waals surface area contributed by atoms with Crippen LogP contribution < -0.4 is 5.32 Å². The molecular formula is C7H7ClF3N3O. The molecule has 8 heteroatoms. The lowest BCUT2D eigenvalue weighted by Crippen LogP contribution is -2.58. The van der Waals surface area contributed by atoms with Gasteiger partial charge in [-0.3, -0.25) is 4.99 Å². The second-order valence-electron chi connectivity index (χ2n) is 3.12. The summed E-state index contributed by atoms with van der Waals surface area (Å²) >= 11 is 5.54. The van der Waals surface area contributed by atoms with E-state index in [0.29, 0.717) is 0 Å². The number of fused-ring (bicyclic) bond motifs is 1. The van der Waals surface area contributed by atoms with Gasteiger partial charge in [0, 0.05) is 6.21 Å². The molecule has 1 saturated heterocycles. The molecule has 1 fully saturated rings. The number of alkyl halides is 4. The Bertz CT molecular complexity index is 317. The second kappa shape index (κ2) is 3.64. The number of morpholine rings is 1. The summed E-state index contributed by atoms with van der Waals surface area (Å²) in [7, 11) is 0. The third kappa shape index (κ3) is 2.23. The Morgan fingerprint density at radius 1 is 1.53 bits per heavy atom. The zero-order valence-electron chi connectivity index (χ0n) is 7.33. The van der Waals surface area contributed by atoms with Crippen LogP contribution in [-0.2, 0) is 4.74 Å². The Morgan fingerprint density at radius 3 is 2.93 bits per heavy atom. The second-order valence-corrected chi connectivity index (χ2v) is 3.51. The van der Waals surface area contributed by atoms with Crippen molar-refractivity contribution in [3.63, 3.8) is 0 Å². The Kier molecular flexibility index (Phi) is 2.59. The highest BCUT2D eigenvalue weighted by molar-refractivity contribution is 6.22. The lowest BCUT2D eigenvalue weighted by Gasteiger charge is -2.33. The van der Waals surface area contributed by atoms with Crippen molar-refractivity contribution in [2.24, 2.45) is 9.98 Å². The van der Waals surface area contributed by atoms with Gasteiger partial charge in [-0.2, -0.15) is 13.2 Å². The highest BCUT2D eigenvalue weighted by atomic mass is 35.5. The largest absolute Gasteiger partial charge is 0.410 e. The molecule has 0 aliphatic carbocycles. The normalized spacial score (nSPS) is 35.5. The first-order valence-corrected chi connectivity index (χ1v) is 4.60. The average Bonchev–Trinajstić information content (AvgIpc) is 2.15. The van der Waals surface area contributed by atoms with Gasteiger partial charge in [0.1, 0.15) is 18.0 Å². The lowest BCUT2D eigenvalue weighted by atomic mass is 10.2. The molecule has 1 N–H and O–H groups in total. The lowest BCUT2D eigenvalue weighted by molar-refractivity contribution is -0.169. The van der Waals surface area contributed by atoms with E-state index in [4.69, 9.17) is 16.3 Å². The molecular weight excluding hydrogens is 235 g/mol. The maximum atomic E-state index is 12.3. The number of nitrogens with one attached hydrogen (secondary N) is 1. The maximum absolute atomic E-state index is 12.3. The molecule has 0 aromatic heterocycles. The van der Waals surface area contributed by atoms with E-state index in [2.05, 4.69) is 15.3 Å². The van der Waals surface area contributed by atoms with Crippen LogP contribution in [0.2, 0.25) is 0 Å². The molecule has 0 radical (unpaired) electrons. The zero-order valence-corrected chi connectivity index (χ0v) is 8.09. The molecule has 2 heterocycles. The van der Waals surface area contributed by atoms with Crippen molar-refractivity contribution < 1.29 is 17.9 Å². The third-order valence-electron chi connectivity index (χ3n) is 2.02. The molecule has 3 unspecified atom stereocenters. The molecule has 3 atom stereocenters. The van der Waals surface area contributed by atoms with Gasteiger partial charge in [-0.1, -0.05) is 11.6 Å². The van der Waals surface area contributed by atoms with Gasteiger partial charge in [-0.25, -0.2) is 4.99 Å². The monoisotopic (exact) mass is 241 g/mol. The number of hydrogen-bond acceptors (Lipinski definition) is 4. The van der Waals surface area contributed by atoms with Gasteiger partial charge >= 0.3 is 6.18 Å². The van der Waals surface area contributed by atoms with Crippen LogP contribution in [0.25, 0.3) is 0 Å². The van der Waals surface area contributed by atoms with E-state index in [1.807, 2.05) is 0 Å². The summed E-state index contributed by atoms with van der Waals surface area (Å²) < 4.78 is 41.9. The SMILES string of the molecule is FC(F)(F)C1COC2C=NC(Cl)N=C2N1. The first-order chi connectivity index (χ1) is 6.97. The van der Waals surface area contributed by atoms with Crippen LogP contribution in [-0.4, -0.2) is 42.6 Å². The number of nitrogens with zero attached hydrogens (tertiary/aromatic N) is 2. The summed E-state index contributed by atoms with van der Waals surface area (Å²) in [5.74, 6) is 0.0820. The molecule has 4 nitrogen and oxygen atoms in total. The minimum atomic E-state index is -4.36. The van der Waals surface area contributed by atoms with E-state index in [1.54, 1.807) is 0 Å². The fourth-order valence-corrected chi connectivity index (χ4v) is 1.45. The summed E-state index contributed by atoms with van der Waals surface area (Å²) in [6, 6.07) is -1.73. The van der Waals surface area contributed by atoms with Crippen LogP contribution in [0.15, 0.2) is 9.98 Å². The minimum absolute atomic E-state index is 0.0820. The van der Waals surface area contributed by atoms with Crippen molar-refractivity contribution in [3.8, 4) is 0 Å². The average molecular weight is 242 g/mol. The number of halogens is 4. The summed E-state index contributed by atoms with van der Waals surface area (Å²) in [6.07, 6.45) is -3.65. The van der Waals surface area contributed by atoms with E-state index in [-0.39, 0.29) is 5.84 Å². The van der Waals surface area contributed by atoms with Crippen LogP contribution in [0, 0.1) is 0 Å². The van der Waals surface area contributed by atoms with E-state index in [0.717, 1.165) is 0 Å². The molecule has 0 amide bonds. The summed E-state index contributed by atoms with van der Waals surface area (Å²) in [4.78, 5) is 7.42. The molecule has 2 rings (SSSR count). The Morgan fingerprint density at radius 2 is 2.27 bits per heavy atom. The highest BCUT2D eigenvalue weighted by Crippen LogP contribution is 2.24. The van der Waals surface area contributed by atoms with Crippen molar-refractivity contribution in [1.82, 2.24) is 5.32 Å². The Balaban J connectivity index is 2.11. The number of hydrogen-bond donors (Lipinski definition) is 1. The van der Waals surface area contributed by atoms with Crippen LogP contribution in [0.4, 0.5) is 13.2 Å². The molecule has 0 spiro atoms. The molecule has 2 aliphatic rings. The van der Waals surface area contributed by atoms with Crippen LogP contribution in [0.1, 0.15) is 0 Å². The van der Waals surface area contributed by atoms with Crippen molar-refractivity contribution >= 4 is 23.7 Å². The molecule has 0 aromatic rings. The van der Waals surface area contributed by atoms with Crippen LogP contribution in [0.5, 0.6) is 0 Å². The van der Waals surface area contributed by atoms with Gasteiger partial charge in [-0.05, 0) is 0 Å². The molecule has 0 saturated carbocycles. The van der Waals surface area contributed by atoms with Crippen molar-refractivity contribution in [2.75, 3.05) is 6.61 Å². The number of ether oxygens (including phenoxy) is 1. The number of rotatable bonds is 0. The standard InChI is InChI=1S/C7H7ClF3N3O/c8-6-12-1-3-5(14-6)13-4(2-15-3)7(9,10)11/h1,3-4,6H,2H2,(H,13,14). The summed E-state index contributed by atoms with van der Waals surface area (Å²) in [5.41, 5.74) is -0.876. The summed E-state index contributed by atoms with van der Waals surface area (Å²) in [6.45, 7) is -0.452. The quantitative estimate of drug-likeness (QED) is 0.506. The smallest absolute Gasteiger partial charge is 0.362 e. The van der Waals surface area contributed by atoms with Gasteiger partial charge in [0.2, 0.25) is 5.62 Å². The fourth-order valence-electron chi connectivity index (χ4n) is 1.28. The topological polar surface area (TPSA) is 46.0 Å². The maximum Gasteiger partial charge on any atom is 0.410 e.